The monoisotopic (exact) mass is 276 g/mol. The molecule has 0 spiro atoms. The molecule has 20 heavy (non-hydrogen) atoms. The van der Waals surface area contributed by atoms with Gasteiger partial charge < -0.3 is 10.4 Å². The van der Waals surface area contributed by atoms with Crippen molar-refractivity contribution in [1.29, 1.82) is 0 Å². The number of aliphatic hydroxyl groups is 1. The number of benzene rings is 1. The number of amides is 2. The van der Waals surface area contributed by atoms with Gasteiger partial charge in [0.1, 0.15) is 0 Å². The zero-order chi connectivity index (χ0) is 14.5. The highest BCUT2D eigenvalue weighted by Crippen LogP contribution is 2.22. The van der Waals surface area contributed by atoms with Crippen molar-refractivity contribution in [1.82, 2.24) is 10.2 Å². The second-order valence-electron chi connectivity index (χ2n) is 5.03. The van der Waals surface area contributed by atoms with Gasteiger partial charge in [-0.15, -0.1) is 0 Å². The standard InChI is InChI=1S/C15H20N2O3/c1-11(16-8-10-18)5-4-9-17-14(19)12-6-2-3-7-13(12)15(17)20/h2-3,6-7,11,16,18H,4-5,8-10H2,1H3. The normalized spacial score (nSPS) is 15.6. The first-order valence-electron chi connectivity index (χ1n) is 6.94. The Balaban J connectivity index is 1.86. The van der Waals surface area contributed by atoms with Crippen LogP contribution in [0.5, 0.6) is 0 Å². The SMILES string of the molecule is CC(CCCN1C(=O)c2ccccc2C1=O)NCCO. The summed E-state index contributed by atoms with van der Waals surface area (Å²) in [6.07, 6.45) is 1.61. The van der Waals surface area contributed by atoms with Crippen LogP contribution in [0, 0.1) is 0 Å². The van der Waals surface area contributed by atoms with E-state index in [1.54, 1.807) is 24.3 Å². The van der Waals surface area contributed by atoms with E-state index in [1.165, 1.54) is 4.90 Å². The van der Waals surface area contributed by atoms with E-state index in [2.05, 4.69) is 5.32 Å². The summed E-state index contributed by atoms with van der Waals surface area (Å²) in [5, 5.41) is 11.9. The second-order valence-corrected chi connectivity index (χ2v) is 5.03. The molecule has 0 radical (unpaired) electrons. The average Bonchev–Trinajstić information content (AvgIpc) is 2.70. The van der Waals surface area contributed by atoms with Crippen LogP contribution in [0.1, 0.15) is 40.5 Å². The molecule has 2 amide bonds. The molecule has 1 aromatic carbocycles. The topological polar surface area (TPSA) is 69.6 Å². The second kappa shape index (κ2) is 6.63. The Morgan fingerprint density at radius 1 is 1.20 bits per heavy atom. The number of nitrogens with one attached hydrogen (secondary N) is 1. The third-order valence-corrected chi connectivity index (χ3v) is 3.50. The van der Waals surface area contributed by atoms with Crippen LogP contribution in [0.2, 0.25) is 0 Å². The molecule has 1 aliphatic rings. The van der Waals surface area contributed by atoms with Gasteiger partial charge in [0.15, 0.2) is 0 Å². The van der Waals surface area contributed by atoms with E-state index in [4.69, 9.17) is 5.11 Å². The van der Waals surface area contributed by atoms with Crippen LogP contribution in [0.4, 0.5) is 0 Å². The van der Waals surface area contributed by atoms with Crippen molar-refractivity contribution in [3.8, 4) is 0 Å². The number of hydrogen-bond acceptors (Lipinski definition) is 4. The van der Waals surface area contributed by atoms with E-state index < -0.39 is 0 Å². The summed E-state index contributed by atoms with van der Waals surface area (Å²) in [5.74, 6) is -0.386. The Labute approximate surface area is 118 Å². The van der Waals surface area contributed by atoms with Crippen LogP contribution >= 0.6 is 0 Å². The number of nitrogens with zero attached hydrogens (tertiary/aromatic N) is 1. The Kier molecular flexibility index (Phi) is 4.87. The summed E-state index contributed by atoms with van der Waals surface area (Å²) in [4.78, 5) is 25.5. The molecule has 1 aliphatic heterocycles. The van der Waals surface area contributed by atoms with Crippen molar-refractivity contribution in [3.63, 3.8) is 0 Å². The van der Waals surface area contributed by atoms with Gasteiger partial charge in [0.05, 0.1) is 17.7 Å². The smallest absolute Gasteiger partial charge is 0.261 e. The number of hydrogen-bond donors (Lipinski definition) is 2. The van der Waals surface area contributed by atoms with Crippen molar-refractivity contribution in [3.05, 3.63) is 35.4 Å². The lowest BCUT2D eigenvalue weighted by Crippen LogP contribution is -2.33. The number of carbonyl (C=O) groups excluding carboxylic acids is 2. The van der Waals surface area contributed by atoms with Gasteiger partial charge in [0.25, 0.3) is 11.8 Å². The molecule has 1 heterocycles. The van der Waals surface area contributed by atoms with Gasteiger partial charge in [-0.05, 0) is 31.9 Å². The summed E-state index contributed by atoms with van der Waals surface area (Å²) in [5.41, 5.74) is 1.01. The minimum Gasteiger partial charge on any atom is -0.395 e. The predicted octanol–water partition coefficient (Wildman–Crippen LogP) is 1.03. The highest BCUT2D eigenvalue weighted by molar-refractivity contribution is 6.21. The maximum absolute atomic E-state index is 12.1. The van der Waals surface area contributed by atoms with Crippen LogP contribution < -0.4 is 5.32 Å². The van der Waals surface area contributed by atoms with Crippen LogP contribution in [-0.2, 0) is 0 Å². The number of carbonyl (C=O) groups is 2. The Morgan fingerprint density at radius 2 is 1.80 bits per heavy atom. The third kappa shape index (κ3) is 3.05. The molecule has 2 rings (SSSR count). The first kappa shape index (κ1) is 14.7. The van der Waals surface area contributed by atoms with Crippen molar-refractivity contribution < 1.29 is 14.7 Å². The van der Waals surface area contributed by atoms with Crippen LogP contribution in [0.25, 0.3) is 0 Å². The van der Waals surface area contributed by atoms with Gasteiger partial charge in [-0.25, -0.2) is 0 Å². The predicted molar refractivity (Wildman–Crippen MR) is 75.6 cm³/mol. The van der Waals surface area contributed by atoms with E-state index in [0.717, 1.165) is 12.8 Å². The largest absolute Gasteiger partial charge is 0.395 e. The fraction of sp³-hybridized carbons (Fsp3) is 0.467. The van der Waals surface area contributed by atoms with E-state index in [1.807, 2.05) is 6.92 Å². The summed E-state index contributed by atoms with van der Waals surface area (Å²) in [6.45, 7) is 3.15. The minimum absolute atomic E-state index is 0.114. The zero-order valence-corrected chi connectivity index (χ0v) is 11.6. The Bertz CT molecular complexity index is 467. The molecule has 5 heteroatoms. The van der Waals surface area contributed by atoms with Gasteiger partial charge in [-0.1, -0.05) is 12.1 Å². The fourth-order valence-electron chi connectivity index (χ4n) is 2.41. The maximum Gasteiger partial charge on any atom is 0.261 e. The maximum atomic E-state index is 12.1. The molecule has 0 aromatic heterocycles. The lowest BCUT2D eigenvalue weighted by Gasteiger charge is -2.16. The van der Waals surface area contributed by atoms with Crippen molar-refractivity contribution in [2.24, 2.45) is 0 Å². The summed E-state index contributed by atoms with van der Waals surface area (Å²) in [6, 6.07) is 7.20. The first-order chi connectivity index (χ1) is 9.65. The quantitative estimate of drug-likeness (QED) is 0.730. The fourth-order valence-corrected chi connectivity index (χ4v) is 2.41. The number of aliphatic hydroxyl groups excluding tert-OH is 1. The van der Waals surface area contributed by atoms with Crippen molar-refractivity contribution in [2.45, 2.75) is 25.8 Å². The zero-order valence-electron chi connectivity index (χ0n) is 11.6. The van der Waals surface area contributed by atoms with Crippen LogP contribution in [-0.4, -0.2) is 47.6 Å². The van der Waals surface area contributed by atoms with Crippen molar-refractivity contribution in [2.75, 3.05) is 19.7 Å². The molecule has 0 saturated heterocycles. The van der Waals surface area contributed by atoms with E-state index >= 15 is 0 Å². The molecule has 2 N–H and O–H groups in total. The molecule has 1 unspecified atom stereocenters. The Morgan fingerprint density at radius 3 is 2.35 bits per heavy atom. The molecule has 1 atom stereocenters. The van der Waals surface area contributed by atoms with E-state index in [9.17, 15) is 9.59 Å². The molecular formula is C15H20N2O3. The number of rotatable bonds is 7. The van der Waals surface area contributed by atoms with Gasteiger partial charge >= 0.3 is 0 Å². The lowest BCUT2D eigenvalue weighted by atomic mass is 10.1. The average molecular weight is 276 g/mol. The molecular weight excluding hydrogens is 256 g/mol. The highest BCUT2D eigenvalue weighted by Gasteiger charge is 2.34. The number of imide groups is 1. The molecule has 1 aromatic rings. The molecule has 0 saturated carbocycles. The Hall–Kier alpha value is -1.72. The van der Waals surface area contributed by atoms with E-state index in [0.29, 0.717) is 24.2 Å². The van der Waals surface area contributed by atoms with Gasteiger partial charge in [-0.3, -0.25) is 14.5 Å². The van der Waals surface area contributed by atoms with Gasteiger partial charge in [0.2, 0.25) is 0 Å². The molecule has 0 fully saturated rings. The van der Waals surface area contributed by atoms with Crippen LogP contribution in [0.3, 0.4) is 0 Å². The highest BCUT2D eigenvalue weighted by atomic mass is 16.3. The minimum atomic E-state index is -0.193. The molecule has 0 bridgehead atoms. The molecule has 5 nitrogen and oxygen atoms in total. The molecule has 108 valence electrons. The van der Waals surface area contributed by atoms with E-state index in [-0.39, 0.29) is 24.5 Å². The summed E-state index contributed by atoms with van der Waals surface area (Å²) < 4.78 is 0. The molecule has 0 aliphatic carbocycles. The van der Waals surface area contributed by atoms with Gasteiger partial charge in [0, 0.05) is 19.1 Å². The lowest BCUT2D eigenvalue weighted by molar-refractivity contribution is 0.0650. The summed E-state index contributed by atoms with van der Waals surface area (Å²) >= 11 is 0. The van der Waals surface area contributed by atoms with Crippen LogP contribution in [0.15, 0.2) is 24.3 Å². The summed E-state index contributed by atoms with van der Waals surface area (Å²) in [7, 11) is 0. The van der Waals surface area contributed by atoms with Crippen molar-refractivity contribution >= 4 is 11.8 Å². The number of fused-ring (bicyclic) bond motifs is 1. The van der Waals surface area contributed by atoms with Gasteiger partial charge in [-0.2, -0.15) is 0 Å². The first-order valence-corrected chi connectivity index (χ1v) is 6.94. The third-order valence-electron chi connectivity index (χ3n) is 3.50.